The van der Waals surface area contributed by atoms with Crippen molar-refractivity contribution in [1.29, 1.82) is 0 Å². The van der Waals surface area contributed by atoms with Crippen LogP contribution in [0.1, 0.15) is 33.0 Å². The fraction of sp³-hybridized carbons (Fsp3) is 0.462. The molecule has 0 aromatic carbocycles. The molecule has 0 spiro atoms. The fourth-order valence-electron chi connectivity index (χ4n) is 2.51. The lowest BCUT2D eigenvalue weighted by atomic mass is 9.99. The van der Waals surface area contributed by atoms with Crippen LogP contribution in [0.3, 0.4) is 0 Å². The lowest BCUT2D eigenvalue weighted by molar-refractivity contribution is 0.0951. The minimum Gasteiger partial charge on any atom is -0.344 e. The van der Waals surface area contributed by atoms with E-state index in [-0.39, 0.29) is 11.7 Å². The molecule has 0 fully saturated rings. The third kappa shape index (κ3) is 2.74. The summed E-state index contributed by atoms with van der Waals surface area (Å²) in [4.78, 5) is 14.1. The van der Waals surface area contributed by atoms with Crippen molar-refractivity contribution in [2.75, 3.05) is 5.75 Å². The van der Waals surface area contributed by atoms with Gasteiger partial charge in [0.1, 0.15) is 0 Å². The molecule has 3 rings (SSSR count). The van der Waals surface area contributed by atoms with Crippen LogP contribution in [0, 0.1) is 0 Å². The van der Waals surface area contributed by atoms with Gasteiger partial charge in [0.15, 0.2) is 9.84 Å². The second-order valence-electron chi connectivity index (χ2n) is 5.00. The zero-order chi connectivity index (χ0) is 13.5. The Bertz CT molecular complexity index is 619. The first-order valence-corrected chi connectivity index (χ1v) is 8.90. The van der Waals surface area contributed by atoms with Crippen molar-refractivity contribution >= 4 is 27.1 Å². The SMILES string of the molecule is O=C(NC1C=CS(=O)(=O)C1)c1cc2c(s1)CCCC2. The minimum absolute atomic E-state index is 0.0240. The Balaban J connectivity index is 1.71. The van der Waals surface area contributed by atoms with E-state index < -0.39 is 15.9 Å². The Morgan fingerprint density at radius 2 is 2.11 bits per heavy atom. The lowest BCUT2D eigenvalue weighted by Gasteiger charge is -2.08. The molecule has 4 nitrogen and oxygen atoms in total. The highest BCUT2D eigenvalue weighted by Gasteiger charge is 2.24. The molecule has 1 atom stereocenters. The van der Waals surface area contributed by atoms with Gasteiger partial charge in [0, 0.05) is 10.3 Å². The number of carbonyl (C=O) groups excluding carboxylic acids is 1. The molecule has 1 aromatic rings. The van der Waals surface area contributed by atoms with Gasteiger partial charge in [-0.05, 0) is 43.4 Å². The van der Waals surface area contributed by atoms with E-state index in [4.69, 9.17) is 0 Å². The van der Waals surface area contributed by atoms with Gasteiger partial charge >= 0.3 is 0 Å². The van der Waals surface area contributed by atoms with Gasteiger partial charge in [-0.2, -0.15) is 0 Å². The molecule has 1 aliphatic heterocycles. The summed E-state index contributed by atoms with van der Waals surface area (Å²) >= 11 is 1.54. The second-order valence-corrected chi connectivity index (χ2v) is 8.07. The molecule has 1 N–H and O–H groups in total. The average Bonchev–Trinajstić information content (AvgIpc) is 2.92. The first-order valence-electron chi connectivity index (χ1n) is 6.37. The van der Waals surface area contributed by atoms with Gasteiger partial charge in [0.05, 0.1) is 16.7 Å². The van der Waals surface area contributed by atoms with Crippen LogP contribution in [-0.4, -0.2) is 26.1 Å². The van der Waals surface area contributed by atoms with Gasteiger partial charge < -0.3 is 5.32 Å². The van der Waals surface area contributed by atoms with Crippen LogP contribution in [-0.2, 0) is 22.7 Å². The van der Waals surface area contributed by atoms with Crippen LogP contribution in [0.25, 0.3) is 0 Å². The summed E-state index contributed by atoms with van der Waals surface area (Å²) in [5.74, 6) is -0.185. The number of nitrogens with one attached hydrogen (secondary N) is 1. The van der Waals surface area contributed by atoms with Gasteiger partial charge in [-0.25, -0.2) is 8.42 Å². The van der Waals surface area contributed by atoms with Crippen LogP contribution in [0.5, 0.6) is 0 Å². The van der Waals surface area contributed by atoms with Gasteiger partial charge in [0.2, 0.25) is 0 Å². The number of hydrogen-bond donors (Lipinski definition) is 1. The van der Waals surface area contributed by atoms with Gasteiger partial charge in [-0.3, -0.25) is 4.79 Å². The minimum atomic E-state index is -3.12. The Kier molecular flexibility index (Phi) is 3.22. The number of sulfone groups is 1. The summed E-state index contributed by atoms with van der Waals surface area (Å²) < 4.78 is 22.6. The van der Waals surface area contributed by atoms with Gasteiger partial charge in [0.25, 0.3) is 5.91 Å². The Hall–Kier alpha value is -1.14. The maximum Gasteiger partial charge on any atom is 0.261 e. The quantitative estimate of drug-likeness (QED) is 0.903. The number of thiophene rings is 1. The van der Waals surface area contributed by atoms with Crippen molar-refractivity contribution < 1.29 is 13.2 Å². The van der Waals surface area contributed by atoms with E-state index in [1.807, 2.05) is 6.07 Å². The third-order valence-electron chi connectivity index (χ3n) is 3.47. The first-order chi connectivity index (χ1) is 9.03. The van der Waals surface area contributed by atoms with Crippen LogP contribution in [0.15, 0.2) is 17.6 Å². The van der Waals surface area contributed by atoms with Gasteiger partial charge in [-0.1, -0.05) is 0 Å². The Labute approximate surface area is 116 Å². The molecular weight excluding hydrogens is 282 g/mol. The van der Waals surface area contributed by atoms with Crippen molar-refractivity contribution in [2.45, 2.75) is 31.7 Å². The first kappa shape index (κ1) is 12.9. The van der Waals surface area contributed by atoms with Crippen molar-refractivity contribution in [3.63, 3.8) is 0 Å². The predicted octanol–water partition coefficient (Wildman–Crippen LogP) is 1.67. The average molecular weight is 297 g/mol. The Morgan fingerprint density at radius 1 is 1.32 bits per heavy atom. The van der Waals surface area contributed by atoms with Crippen LogP contribution in [0.2, 0.25) is 0 Å². The highest BCUT2D eigenvalue weighted by molar-refractivity contribution is 7.94. The molecule has 2 aliphatic rings. The lowest BCUT2D eigenvalue weighted by Crippen LogP contribution is -2.35. The topological polar surface area (TPSA) is 63.2 Å². The maximum absolute atomic E-state index is 12.1. The molecular formula is C13H15NO3S2. The highest BCUT2D eigenvalue weighted by atomic mass is 32.2. The molecule has 1 aliphatic carbocycles. The molecule has 19 heavy (non-hydrogen) atoms. The monoisotopic (exact) mass is 297 g/mol. The molecule has 2 heterocycles. The van der Waals surface area contributed by atoms with E-state index in [1.54, 1.807) is 17.4 Å². The third-order valence-corrected chi connectivity index (χ3v) is 6.10. The van der Waals surface area contributed by atoms with E-state index >= 15 is 0 Å². The van der Waals surface area contributed by atoms with E-state index in [0.717, 1.165) is 12.8 Å². The number of fused-ring (bicyclic) bond motifs is 1. The van der Waals surface area contributed by atoms with Gasteiger partial charge in [-0.15, -0.1) is 11.3 Å². The Morgan fingerprint density at radius 3 is 2.79 bits per heavy atom. The van der Waals surface area contributed by atoms with E-state index in [0.29, 0.717) is 4.88 Å². The molecule has 0 saturated carbocycles. The molecule has 0 saturated heterocycles. The summed E-state index contributed by atoms with van der Waals surface area (Å²) in [5, 5.41) is 3.94. The second kappa shape index (κ2) is 4.76. The molecule has 102 valence electrons. The zero-order valence-corrected chi connectivity index (χ0v) is 12.0. The predicted molar refractivity (Wildman–Crippen MR) is 75.1 cm³/mol. The highest BCUT2D eigenvalue weighted by Crippen LogP contribution is 2.29. The summed E-state index contributed by atoms with van der Waals surface area (Å²) in [6.07, 6.45) is 6.04. The van der Waals surface area contributed by atoms with E-state index in [9.17, 15) is 13.2 Å². The molecule has 1 aromatic heterocycles. The number of hydrogen-bond acceptors (Lipinski definition) is 4. The zero-order valence-electron chi connectivity index (χ0n) is 10.4. The van der Waals surface area contributed by atoms with Crippen molar-refractivity contribution in [1.82, 2.24) is 5.32 Å². The fourth-order valence-corrected chi connectivity index (χ4v) is 4.90. The van der Waals surface area contributed by atoms with E-state index in [1.165, 1.54) is 28.7 Å². The number of aryl methyl sites for hydroxylation is 2. The summed E-state index contributed by atoms with van der Waals surface area (Å²) in [6, 6.07) is 1.57. The van der Waals surface area contributed by atoms with Crippen LogP contribution in [0.4, 0.5) is 0 Å². The van der Waals surface area contributed by atoms with Crippen LogP contribution >= 0.6 is 11.3 Å². The summed E-state index contributed by atoms with van der Waals surface area (Å²) in [5.41, 5.74) is 1.29. The largest absolute Gasteiger partial charge is 0.344 e. The summed E-state index contributed by atoms with van der Waals surface area (Å²) in [6.45, 7) is 0. The number of rotatable bonds is 2. The van der Waals surface area contributed by atoms with Crippen molar-refractivity contribution in [3.8, 4) is 0 Å². The normalized spacial score (nSPS) is 24.1. The van der Waals surface area contributed by atoms with E-state index in [2.05, 4.69) is 5.32 Å². The molecule has 1 unspecified atom stereocenters. The molecule has 0 radical (unpaired) electrons. The number of carbonyl (C=O) groups is 1. The van der Waals surface area contributed by atoms with Crippen molar-refractivity contribution in [2.24, 2.45) is 0 Å². The summed E-state index contributed by atoms with van der Waals surface area (Å²) in [7, 11) is -3.12. The molecule has 0 bridgehead atoms. The molecule has 1 amide bonds. The molecule has 6 heteroatoms. The standard InChI is InChI=1S/C13H15NO3S2/c15-13(14-10-5-6-19(16,17)8-10)12-7-9-3-1-2-4-11(9)18-12/h5-7,10H,1-4,8H2,(H,14,15). The number of amides is 1. The maximum atomic E-state index is 12.1. The van der Waals surface area contributed by atoms with Crippen LogP contribution < -0.4 is 5.32 Å². The smallest absolute Gasteiger partial charge is 0.261 e. The van der Waals surface area contributed by atoms with Crippen molar-refractivity contribution in [3.05, 3.63) is 32.9 Å².